The van der Waals surface area contributed by atoms with E-state index in [2.05, 4.69) is 4.74 Å². The zero-order valence-corrected chi connectivity index (χ0v) is 7.75. The normalized spacial score (nSPS) is 12.5. The quantitative estimate of drug-likeness (QED) is 0.390. The third-order valence-electron chi connectivity index (χ3n) is 0.857. The van der Waals surface area contributed by atoms with E-state index in [1.54, 1.807) is 20.8 Å². The Balaban J connectivity index is 4.08. The van der Waals surface area contributed by atoms with Crippen LogP contribution in [-0.2, 0) is 14.3 Å². The fraction of sp³-hybridized carbons (Fsp3) is 0.625. The van der Waals surface area contributed by atoms with Crippen LogP contribution in [0.5, 0.6) is 0 Å². The van der Waals surface area contributed by atoms with Gasteiger partial charge in [-0.3, -0.25) is 0 Å². The highest BCUT2D eigenvalue weighted by Crippen LogP contribution is 2.07. The molecular formula is C8H14O4. The lowest BCUT2D eigenvalue weighted by molar-refractivity contribution is -0.148. The Morgan fingerprint density at radius 3 is 2.25 bits per heavy atom. The Kier molecular flexibility index (Phi) is 3.60. The zero-order valence-electron chi connectivity index (χ0n) is 7.75. The smallest absolute Gasteiger partial charge is 0.338 e. The van der Waals surface area contributed by atoms with E-state index in [0.717, 1.165) is 6.08 Å². The summed E-state index contributed by atoms with van der Waals surface area (Å²) >= 11 is 0. The molecule has 0 amide bonds. The van der Waals surface area contributed by atoms with Crippen molar-refractivity contribution in [2.24, 2.45) is 0 Å². The number of methoxy groups -OCH3 is 1. The maximum Gasteiger partial charge on any atom is 0.338 e. The third-order valence-corrected chi connectivity index (χ3v) is 0.857. The van der Waals surface area contributed by atoms with Gasteiger partial charge in [-0.2, -0.15) is 0 Å². The SMILES string of the molecule is COC(O)=CC(=O)OC(C)(C)C. The Labute approximate surface area is 71.8 Å². The van der Waals surface area contributed by atoms with Gasteiger partial charge in [0.1, 0.15) is 11.7 Å². The molecule has 0 aromatic carbocycles. The molecule has 4 nitrogen and oxygen atoms in total. The molecule has 0 fully saturated rings. The molecule has 0 rings (SSSR count). The van der Waals surface area contributed by atoms with Crippen LogP contribution in [-0.4, -0.2) is 23.8 Å². The summed E-state index contributed by atoms with van der Waals surface area (Å²) in [6, 6.07) is 0. The van der Waals surface area contributed by atoms with Gasteiger partial charge in [-0.1, -0.05) is 0 Å². The molecule has 1 N–H and O–H groups in total. The second kappa shape index (κ2) is 3.99. The molecule has 0 aromatic rings. The van der Waals surface area contributed by atoms with E-state index in [1.807, 2.05) is 0 Å². The predicted octanol–water partition coefficient (Wildman–Crippen LogP) is 1.37. The summed E-state index contributed by atoms with van der Waals surface area (Å²) < 4.78 is 9.21. The molecule has 0 bridgehead atoms. The van der Waals surface area contributed by atoms with Crippen molar-refractivity contribution in [2.45, 2.75) is 26.4 Å². The van der Waals surface area contributed by atoms with Crippen LogP contribution in [0.3, 0.4) is 0 Å². The topological polar surface area (TPSA) is 55.8 Å². The molecule has 0 saturated carbocycles. The van der Waals surface area contributed by atoms with Crippen molar-refractivity contribution in [2.75, 3.05) is 7.11 Å². The van der Waals surface area contributed by atoms with Gasteiger partial charge in [-0.05, 0) is 20.8 Å². The molecule has 0 aliphatic carbocycles. The van der Waals surface area contributed by atoms with Gasteiger partial charge in [0, 0.05) is 0 Å². The summed E-state index contributed by atoms with van der Waals surface area (Å²) in [5, 5.41) is 8.76. The van der Waals surface area contributed by atoms with Crippen molar-refractivity contribution in [3.63, 3.8) is 0 Å². The van der Waals surface area contributed by atoms with Gasteiger partial charge < -0.3 is 14.6 Å². The van der Waals surface area contributed by atoms with E-state index in [0.29, 0.717) is 0 Å². The molecule has 70 valence electrons. The van der Waals surface area contributed by atoms with Crippen LogP contribution in [0.15, 0.2) is 12.0 Å². The van der Waals surface area contributed by atoms with E-state index < -0.39 is 17.5 Å². The van der Waals surface area contributed by atoms with E-state index >= 15 is 0 Å². The molecule has 0 aliphatic rings. The van der Waals surface area contributed by atoms with Gasteiger partial charge in [0.05, 0.1) is 7.11 Å². The van der Waals surface area contributed by atoms with Crippen LogP contribution in [0, 0.1) is 0 Å². The van der Waals surface area contributed by atoms with Crippen LogP contribution >= 0.6 is 0 Å². The molecule has 0 atom stereocenters. The molecule has 0 heterocycles. The third kappa shape index (κ3) is 5.58. The van der Waals surface area contributed by atoms with Crippen LogP contribution < -0.4 is 0 Å². The molecule has 0 saturated heterocycles. The number of carbonyl (C=O) groups excluding carboxylic acids is 1. The number of rotatable bonds is 2. The second-order valence-corrected chi connectivity index (χ2v) is 3.22. The van der Waals surface area contributed by atoms with Crippen molar-refractivity contribution in [3.05, 3.63) is 12.0 Å². The van der Waals surface area contributed by atoms with Crippen molar-refractivity contribution in [1.82, 2.24) is 0 Å². The van der Waals surface area contributed by atoms with Gasteiger partial charge in [-0.25, -0.2) is 4.79 Å². The molecule has 4 heteroatoms. The van der Waals surface area contributed by atoms with Gasteiger partial charge >= 0.3 is 5.97 Å². The molecule has 0 aromatic heterocycles. The molecule has 0 aliphatic heterocycles. The molecule has 0 radical (unpaired) electrons. The van der Waals surface area contributed by atoms with E-state index in [-0.39, 0.29) is 0 Å². The highest BCUT2D eigenvalue weighted by atomic mass is 16.6. The second-order valence-electron chi connectivity index (χ2n) is 3.22. The van der Waals surface area contributed by atoms with E-state index in [9.17, 15) is 4.79 Å². The first kappa shape index (κ1) is 10.8. The maximum absolute atomic E-state index is 10.9. The summed E-state index contributed by atoms with van der Waals surface area (Å²) in [4.78, 5) is 10.9. The van der Waals surface area contributed by atoms with Crippen molar-refractivity contribution in [1.29, 1.82) is 0 Å². The predicted molar refractivity (Wildman–Crippen MR) is 43.6 cm³/mol. The highest BCUT2D eigenvalue weighted by molar-refractivity contribution is 5.82. The Hall–Kier alpha value is -1.19. The lowest BCUT2D eigenvalue weighted by Crippen LogP contribution is -2.22. The minimum atomic E-state index is -0.623. The average Bonchev–Trinajstić information content (AvgIpc) is 1.82. The standard InChI is InChI=1S/C8H14O4/c1-8(2,3)12-7(10)5-6(9)11-4/h5,9H,1-4H3. The minimum absolute atomic E-state index is 0.454. The summed E-state index contributed by atoms with van der Waals surface area (Å²) in [7, 11) is 1.26. The van der Waals surface area contributed by atoms with Gasteiger partial charge in [0.25, 0.3) is 5.95 Å². The van der Waals surface area contributed by atoms with Crippen molar-refractivity contribution < 1.29 is 19.4 Å². The first-order chi connectivity index (χ1) is 5.35. The van der Waals surface area contributed by atoms with Crippen LogP contribution in [0.1, 0.15) is 20.8 Å². The Bertz CT molecular complexity index is 188. The summed E-state index contributed by atoms with van der Waals surface area (Å²) in [6.07, 6.45) is 0.880. The zero-order chi connectivity index (χ0) is 9.78. The van der Waals surface area contributed by atoms with Gasteiger partial charge in [0.2, 0.25) is 0 Å². The van der Waals surface area contributed by atoms with Crippen molar-refractivity contribution in [3.8, 4) is 0 Å². The van der Waals surface area contributed by atoms with Gasteiger partial charge in [0.15, 0.2) is 0 Å². The lowest BCUT2D eigenvalue weighted by Gasteiger charge is -2.17. The average molecular weight is 174 g/mol. The Morgan fingerprint density at radius 1 is 1.42 bits per heavy atom. The lowest BCUT2D eigenvalue weighted by atomic mass is 10.2. The molecular weight excluding hydrogens is 160 g/mol. The summed E-state index contributed by atoms with van der Waals surface area (Å²) in [6.45, 7) is 5.22. The van der Waals surface area contributed by atoms with E-state index in [1.165, 1.54) is 7.11 Å². The largest absolute Gasteiger partial charge is 0.481 e. The minimum Gasteiger partial charge on any atom is -0.481 e. The van der Waals surface area contributed by atoms with Crippen LogP contribution in [0.25, 0.3) is 0 Å². The van der Waals surface area contributed by atoms with Gasteiger partial charge in [-0.15, -0.1) is 0 Å². The number of esters is 1. The number of carbonyl (C=O) groups is 1. The number of ether oxygens (including phenoxy) is 2. The van der Waals surface area contributed by atoms with E-state index in [4.69, 9.17) is 9.84 Å². The van der Waals surface area contributed by atoms with Crippen LogP contribution in [0.4, 0.5) is 0 Å². The molecule has 12 heavy (non-hydrogen) atoms. The fourth-order valence-corrected chi connectivity index (χ4v) is 0.491. The Morgan fingerprint density at radius 2 is 1.92 bits per heavy atom. The van der Waals surface area contributed by atoms with Crippen LogP contribution in [0.2, 0.25) is 0 Å². The molecule has 0 unspecified atom stereocenters. The first-order valence-electron chi connectivity index (χ1n) is 3.53. The number of hydrogen-bond acceptors (Lipinski definition) is 4. The fourth-order valence-electron chi connectivity index (χ4n) is 0.491. The summed E-state index contributed by atoms with van der Waals surface area (Å²) in [5.41, 5.74) is -0.554. The first-order valence-corrected chi connectivity index (χ1v) is 3.53. The van der Waals surface area contributed by atoms with Crippen molar-refractivity contribution >= 4 is 5.97 Å². The molecule has 0 spiro atoms. The number of aliphatic hydroxyl groups excluding tert-OH is 1. The maximum atomic E-state index is 10.9. The monoisotopic (exact) mass is 174 g/mol. The number of aliphatic hydroxyl groups is 1. The number of hydrogen-bond donors (Lipinski definition) is 1. The summed E-state index contributed by atoms with van der Waals surface area (Å²) in [5.74, 6) is -1.08. The highest BCUT2D eigenvalue weighted by Gasteiger charge is 2.15.